The number of thioether (sulfide) groups is 1. The van der Waals surface area contributed by atoms with Crippen LogP contribution in [0.25, 0.3) is 10.9 Å². The maximum absolute atomic E-state index is 12.6. The zero-order chi connectivity index (χ0) is 20.4. The Morgan fingerprint density at radius 3 is 2.28 bits per heavy atom. The van der Waals surface area contributed by atoms with Gasteiger partial charge in [-0.1, -0.05) is 59.8 Å². The van der Waals surface area contributed by atoms with Crippen molar-refractivity contribution in [1.82, 2.24) is 9.55 Å². The van der Waals surface area contributed by atoms with Gasteiger partial charge in [-0.25, -0.2) is 4.98 Å². The molecule has 1 heterocycles. The van der Waals surface area contributed by atoms with Crippen LogP contribution < -0.4 is 5.56 Å². The lowest BCUT2D eigenvalue weighted by molar-refractivity contribution is 0.103. The Bertz CT molecular complexity index is 1250. The van der Waals surface area contributed by atoms with Crippen LogP contribution in [0, 0.1) is 0 Å². The van der Waals surface area contributed by atoms with Crippen molar-refractivity contribution in [3.8, 4) is 0 Å². The summed E-state index contributed by atoms with van der Waals surface area (Å²) in [5.74, 6) is 0.605. The van der Waals surface area contributed by atoms with E-state index >= 15 is 0 Å². The molecule has 29 heavy (non-hydrogen) atoms. The van der Waals surface area contributed by atoms with E-state index in [1.165, 1.54) is 11.8 Å². The van der Waals surface area contributed by atoms with Crippen LogP contribution >= 0.6 is 23.4 Å². The normalized spacial score (nSPS) is 11.0. The number of rotatable bonds is 5. The maximum atomic E-state index is 12.6. The van der Waals surface area contributed by atoms with E-state index in [4.69, 9.17) is 11.6 Å². The zero-order valence-corrected chi connectivity index (χ0v) is 17.2. The van der Waals surface area contributed by atoms with Crippen molar-refractivity contribution in [2.75, 3.05) is 0 Å². The largest absolute Gasteiger partial charge is 0.290 e. The number of nitrogens with zero attached hydrogens (tertiary/aromatic N) is 2. The molecule has 0 bridgehead atoms. The van der Waals surface area contributed by atoms with Gasteiger partial charge in [0.05, 0.1) is 10.9 Å². The van der Waals surface area contributed by atoms with Crippen molar-refractivity contribution in [3.05, 3.63) is 105 Å². The molecule has 1 aromatic heterocycles. The summed E-state index contributed by atoms with van der Waals surface area (Å²) in [7, 11) is 1.73. The summed E-state index contributed by atoms with van der Waals surface area (Å²) >= 11 is 7.38. The van der Waals surface area contributed by atoms with E-state index in [2.05, 4.69) is 4.98 Å². The minimum atomic E-state index is -0.0537. The predicted octanol–water partition coefficient (Wildman–Crippen LogP) is 5.11. The van der Waals surface area contributed by atoms with E-state index < -0.39 is 0 Å². The first-order chi connectivity index (χ1) is 14.0. The smallest absolute Gasteiger partial charge is 0.261 e. The van der Waals surface area contributed by atoms with Crippen LogP contribution in [0.5, 0.6) is 0 Å². The molecule has 0 aliphatic rings. The molecule has 144 valence electrons. The first-order valence-corrected chi connectivity index (χ1v) is 10.4. The molecule has 0 saturated heterocycles. The fraction of sp³-hybridized carbons (Fsp3) is 0.0870. The van der Waals surface area contributed by atoms with E-state index in [0.29, 0.717) is 38.0 Å². The van der Waals surface area contributed by atoms with E-state index in [-0.39, 0.29) is 11.3 Å². The highest BCUT2D eigenvalue weighted by Crippen LogP contribution is 2.22. The third-order valence-electron chi connectivity index (χ3n) is 4.63. The molecule has 6 heteroatoms. The number of carbonyl (C=O) groups excluding carboxylic acids is 1. The van der Waals surface area contributed by atoms with Gasteiger partial charge in [0.15, 0.2) is 10.9 Å². The molecule has 0 N–H and O–H groups in total. The van der Waals surface area contributed by atoms with Gasteiger partial charge in [0.2, 0.25) is 0 Å². The van der Waals surface area contributed by atoms with Crippen LogP contribution in [0.15, 0.2) is 82.7 Å². The van der Waals surface area contributed by atoms with Crippen molar-refractivity contribution in [2.24, 2.45) is 7.05 Å². The molecular formula is C23H17ClN2O2S. The summed E-state index contributed by atoms with van der Waals surface area (Å²) in [6, 6.07) is 21.7. The van der Waals surface area contributed by atoms with Gasteiger partial charge in [-0.15, -0.1) is 0 Å². The van der Waals surface area contributed by atoms with Gasteiger partial charge in [0.1, 0.15) is 0 Å². The third kappa shape index (κ3) is 4.11. The topological polar surface area (TPSA) is 52.0 Å². The van der Waals surface area contributed by atoms with E-state index in [9.17, 15) is 9.59 Å². The predicted molar refractivity (Wildman–Crippen MR) is 118 cm³/mol. The molecule has 0 atom stereocenters. The molecule has 0 saturated carbocycles. The fourth-order valence-corrected chi connectivity index (χ4v) is 4.05. The van der Waals surface area contributed by atoms with E-state index in [1.807, 2.05) is 42.5 Å². The van der Waals surface area contributed by atoms with Crippen molar-refractivity contribution in [2.45, 2.75) is 10.9 Å². The van der Waals surface area contributed by atoms with Gasteiger partial charge < -0.3 is 0 Å². The number of aromatic nitrogens is 2. The molecule has 0 aliphatic carbocycles. The molecule has 3 aromatic carbocycles. The van der Waals surface area contributed by atoms with Gasteiger partial charge in [-0.05, 0) is 42.0 Å². The zero-order valence-electron chi connectivity index (χ0n) is 15.6. The highest BCUT2D eigenvalue weighted by Gasteiger charge is 2.11. The Kier molecular flexibility index (Phi) is 5.51. The van der Waals surface area contributed by atoms with Gasteiger partial charge in [0.25, 0.3) is 5.56 Å². The molecule has 4 aromatic rings. The monoisotopic (exact) mass is 420 g/mol. The SMILES string of the molecule is Cn1c(SCc2ccc(C(=O)c3ccc(Cl)cc3)cc2)nc2ccccc2c1=O. The van der Waals surface area contributed by atoms with Gasteiger partial charge in [-0.3, -0.25) is 14.2 Å². The van der Waals surface area contributed by atoms with Crippen LogP contribution in [0.1, 0.15) is 21.5 Å². The van der Waals surface area contributed by atoms with Crippen LogP contribution in [0.3, 0.4) is 0 Å². The molecule has 0 spiro atoms. The molecule has 0 radical (unpaired) electrons. The second-order valence-electron chi connectivity index (χ2n) is 6.60. The number of hydrogen-bond donors (Lipinski definition) is 0. The molecule has 0 amide bonds. The Hall–Kier alpha value is -2.89. The summed E-state index contributed by atoms with van der Waals surface area (Å²) < 4.78 is 1.57. The lowest BCUT2D eigenvalue weighted by atomic mass is 10.0. The number of benzene rings is 3. The number of hydrogen-bond acceptors (Lipinski definition) is 4. The first kappa shape index (κ1) is 19.4. The Balaban J connectivity index is 1.50. The second-order valence-corrected chi connectivity index (χ2v) is 7.98. The van der Waals surface area contributed by atoms with Crippen molar-refractivity contribution < 1.29 is 4.79 Å². The number of carbonyl (C=O) groups is 1. The van der Waals surface area contributed by atoms with Crippen LogP contribution in [-0.4, -0.2) is 15.3 Å². The fourth-order valence-electron chi connectivity index (χ4n) is 2.99. The van der Waals surface area contributed by atoms with Gasteiger partial charge in [0, 0.05) is 29.0 Å². The Labute approximate surface area is 177 Å². The highest BCUT2D eigenvalue weighted by atomic mass is 35.5. The molecule has 0 aliphatic heterocycles. The summed E-state index contributed by atoms with van der Waals surface area (Å²) in [4.78, 5) is 29.7. The van der Waals surface area contributed by atoms with Gasteiger partial charge in [-0.2, -0.15) is 0 Å². The number of halogens is 1. The minimum Gasteiger partial charge on any atom is -0.290 e. The molecular weight excluding hydrogens is 404 g/mol. The number of fused-ring (bicyclic) bond motifs is 1. The maximum Gasteiger partial charge on any atom is 0.261 e. The van der Waals surface area contributed by atoms with Crippen LogP contribution in [0.4, 0.5) is 0 Å². The average molecular weight is 421 g/mol. The molecule has 0 fully saturated rings. The molecule has 0 unspecified atom stereocenters. The van der Waals surface area contributed by atoms with E-state index in [0.717, 1.165) is 5.56 Å². The minimum absolute atomic E-state index is 0.0422. The lowest BCUT2D eigenvalue weighted by Gasteiger charge is -2.09. The molecule has 4 rings (SSSR count). The molecule has 4 nitrogen and oxygen atoms in total. The van der Waals surface area contributed by atoms with Crippen molar-refractivity contribution in [3.63, 3.8) is 0 Å². The third-order valence-corrected chi connectivity index (χ3v) is 5.99. The summed E-state index contributed by atoms with van der Waals surface area (Å²) in [6.07, 6.45) is 0. The van der Waals surface area contributed by atoms with Crippen LogP contribution in [-0.2, 0) is 12.8 Å². The standard InChI is InChI=1S/C23H17ClN2O2S/c1-26-22(28)19-4-2-3-5-20(19)25-23(26)29-14-15-6-8-16(9-7-15)21(27)17-10-12-18(24)13-11-17/h2-13H,14H2,1H3. The Morgan fingerprint density at radius 2 is 1.59 bits per heavy atom. The Morgan fingerprint density at radius 1 is 0.966 bits per heavy atom. The first-order valence-electron chi connectivity index (χ1n) is 9.01. The van der Waals surface area contributed by atoms with Crippen molar-refractivity contribution >= 4 is 40.0 Å². The van der Waals surface area contributed by atoms with Crippen LogP contribution in [0.2, 0.25) is 5.02 Å². The highest BCUT2D eigenvalue weighted by molar-refractivity contribution is 7.98. The van der Waals surface area contributed by atoms with Gasteiger partial charge >= 0.3 is 0 Å². The number of ketones is 1. The quantitative estimate of drug-likeness (QED) is 0.256. The van der Waals surface area contributed by atoms with E-state index in [1.54, 1.807) is 41.9 Å². The summed E-state index contributed by atoms with van der Waals surface area (Å²) in [5, 5.41) is 1.88. The summed E-state index contributed by atoms with van der Waals surface area (Å²) in [5.41, 5.74) is 2.92. The van der Waals surface area contributed by atoms with Crippen molar-refractivity contribution in [1.29, 1.82) is 0 Å². The number of para-hydroxylation sites is 1. The summed E-state index contributed by atoms with van der Waals surface area (Å²) in [6.45, 7) is 0. The second kappa shape index (κ2) is 8.23. The average Bonchev–Trinajstić information content (AvgIpc) is 2.76. The lowest BCUT2D eigenvalue weighted by Crippen LogP contribution is -2.19.